The van der Waals surface area contributed by atoms with Crippen molar-refractivity contribution in [1.29, 1.82) is 0 Å². The van der Waals surface area contributed by atoms with Gasteiger partial charge in [-0.3, -0.25) is 4.79 Å². The minimum absolute atomic E-state index is 0.196. The van der Waals surface area contributed by atoms with Crippen LogP contribution in [0.15, 0.2) is 18.2 Å². The van der Waals surface area contributed by atoms with E-state index in [4.69, 9.17) is 5.11 Å². The lowest BCUT2D eigenvalue weighted by Gasteiger charge is -2.07. The number of aryl methyl sites for hydroxylation is 1. The molecule has 0 unspecified atom stereocenters. The zero-order valence-electron chi connectivity index (χ0n) is 10.7. The molecule has 3 nitrogen and oxygen atoms in total. The Morgan fingerprint density at radius 2 is 2.11 bits per heavy atom. The summed E-state index contributed by atoms with van der Waals surface area (Å²) < 4.78 is 12.9. The molecule has 0 spiro atoms. The highest BCUT2D eigenvalue weighted by atomic mass is 19.1. The maximum absolute atomic E-state index is 12.9. The Morgan fingerprint density at radius 1 is 1.33 bits per heavy atom. The van der Waals surface area contributed by atoms with Crippen molar-refractivity contribution in [3.8, 4) is 0 Å². The topological polar surface area (TPSA) is 49.3 Å². The minimum Gasteiger partial charge on any atom is -0.481 e. The predicted molar refractivity (Wildman–Crippen MR) is 69.2 cm³/mol. The first-order chi connectivity index (χ1) is 8.59. The van der Waals surface area contributed by atoms with Gasteiger partial charge >= 0.3 is 5.97 Å². The van der Waals surface area contributed by atoms with Crippen LogP contribution in [-0.4, -0.2) is 24.2 Å². The molecular weight excluding hydrogens is 233 g/mol. The first-order valence-electron chi connectivity index (χ1n) is 6.27. The highest BCUT2D eigenvalue weighted by Gasteiger charge is 2.00. The fourth-order valence-corrected chi connectivity index (χ4v) is 1.81. The van der Waals surface area contributed by atoms with Crippen LogP contribution in [0.2, 0.25) is 0 Å². The fourth-order valence-electron chi connectivity index (χ4n) is 1.81. The lowest BCUT2D eigenvalue weighted by Crippen LogP contribution is -2.19. The van der Waals surface area contributed by atoms with Gasteiger partial charge in [0.25, 0.3) is 0 Å². The van der Waals surface area contributed by atoms with Gasteiger partial charge in [-0.15, -0.1) is 0 Å². The molecule has 0 atom stereocenters. The summed E-state index contributed by atoms with van der Waals surface area (Å²) in [4.78, 5) is 10.3. The number of hydrogen-bond acceptors (Lipinski definition) is 2. The Labute approximate surface area is 107 Å². The summed E-state index contributed by atoms with van der Waals surface area (Å²) in [5, 5.41) is 11.7. The summed E-state index contributed by atoms with van der Waals surface area (Å²) in [5.74, 6) is -0.935. The van der Waals surface area contributed by atoms with E-state index in [9.17, 15) is 9.18 Å². The number of halogens is 1. The number of nitrogens with one attached hydrogen (secondary N) is 1. The van der Waals surface area contributed by atoms with Crippen LogP contribution in [0.3, 0.4) is 0 Å². The fraction of sp³-hybridized carbons (Fsp3) is 0.500. The Morgan fingerprint density at radius 3 is 2.78 bits per heavy atom. The van der Waals surface area contributed by atoms with Gasteiger partial charge in [-0.05, 0) is 62.5 Å². The van der Waals surface area contributed by atoms with Crippen molar-refractivity contribution >= 4 is 5.97 Å². The number of carboxylic acids is 1. The van der Waals surface area contributed by atoms with Gasteiger partial charge in [0.05, 0.1) is 0 Å². The summed E-state index contributed by atoms with van der Waals surface area (Å²) in [5.41, 5.74) is 2.12. The molecule has 0 radical (unpaired) electrons. The average Bonchev–Trinajstić information content (AvgIpc) is 2.30. The van der Waals surface area contributed by atoms with Gasteiger partial charge in [-0.2, -0.15) is 0 Å². The molecule has 1 aromatic carbocycles. The molecule has 100 valence electrons. The van der Waals surface area contributed by atoms with Crippen molar-refractivity contribution in [2.24, 2.45) is 0 Å². The summed E-state index contributed by atoms with van der Waals surface area (Å²) in [7, 11) is 0. The number of aliphatic carboxylic acids is 1. The Hall–Kier alpha value is -1.42. The van der Waals surface area contributed by atoms with Crippen LogP contribution in [0.1, 0.15) is 30.4 Å². The second-order valence-corrected chi connectivity index (χ2v) is 4.42. The van der Waals surface area contributed by atoms with E-state index < -0.39 is 5.97 Å². The third-order valence-electron chi connectivity index (χ3n) is 2.87. The Bertz CT molecular complexity index is 393. The van der Waals surface area contributed by atoms with E-state index in [-0.39, 0.29) is 12.2 Å². The second kappa shape index (κ2) is 7.82. The monoisotopic (exact) mass is 253 g/mol. The molecule has 0 saturated carbocycles. The second-order valence-electron chi connectivity index (χ2n) is 4.42. The summed E-state index contributed by atoms with van der Waals surface area (Å²) in [6.07, 6.45) is 2.68. The van der Waals surface area contributed by atoms with E-state index in [0.29, 0.717) is 6.42 Å². The third-order valence-corrected chi connectivity index (χ3v) is 2.87. The standard InChI is InChI=1S/C14H20FNO2/c1-11-10-13(15)6-5-12(11)7-9-16-8-3-2-4-14(17)18/h5-6,10,16H,2-4,7-9H2,1H3,(H,17,18). The largest absolute Gasteiger partial charge is 0.481 e. The van der Waals surface area contributed by atoms with Crippen molar-refractivity contribution in [3.05, 3.63) is 35.1 Å². The van der Waals surface area contributed by atoms with Crippen LogP contribution in [0.4, 0.5) is 4.39 Å². The van der Waals surface area contributed by atoms with Crippen LogP contribution in [-0.2, 0) is 11.2 Å². The van der Waals surface area contributed by atoms with E-state index in [1.165, 1.54) is 6.07 Å². The maximum Gasteiger partial charge on any atom is 0.303 e. The molecule has 0 saturated heterocycles. The molecule has 1 rings (SSSR count). The molecule has 1 aromatic rings. The molecule has 0 heterocycles. The molecule has 0 bridgehead atoms. The minimum atomic E-state index is -0.739. The van der Waals surface area contributed by atoms with Crippen molar-refractivity contribution in [1.82, 2.24) is 5.32 Å². The summed E-state index contributed by atoms with van der Waals surface area (Å²) in [6.45, 7) is 3.57. The SMILES string of the molecule is Cc1cc(F)ccc1CCNCCCCC(=O)O. The molecular formula is C14H20FNO2. The lowest BCUT2D eigenvalue weighted by atomic mass is 10.1. The maximum atomic E-state index is 12.9. The molecule has 2 N–H and O–H groups in total. The van der Waals surface area contributed by atoms with Gasteiger partial charge in [0.1, 0.15) is 5.82 Å². The number of hydrogen-bond donors (Lipinski definition) is 2. The zero-order valence-corrected chi connectivity index (χ0v) is 10.7. The Kier molecular flexibility index (Phi) is 6.36. The number of benzene rings is 1. The van der Waals surface area contributed by atoms with E-state index in [1.54, 1.807) is 6.07 Å². The van der Waals surface area contributed by atoms with Crippen LogP contribution in [0.5, 0.6) is 0 Å². The number of unbranched alkanes of at least 4 members (excludes halogenated alkanes) is 1. The first kappa shape index (κ1) is 14.6. The molecule has 4 heteroatoms. The van der Waals surface area contributed by atoms with Gasteiger partial charge in [-0.1, -0.05) is 6.07 Å². The molecule has 0 aromatic heterocycles. The van der Waals surface area contributed by atoms with E-state index in [2.05, 4.69) is 5.32 Å². The van der Waals surface area contributed by atoms with Crippen molar-refractivity contribution in [2.75, 3.05) is 13.1 Å². The predicted octanol–water partition coefficient (Wildman–Crippen LogP) is 2.52. The van der Waals surface area contributed by atoms with E-state index in [1.807, 2.05) is 13.0 Å². The van der Waals surface area contributed by atoms with Crippen LogP contribution >= 0.6 is 0 Å². The molecule has 0 aliphatic heterocycles. The van der Waals surface area contributed by atoms with Gasteiger partial charge < -0.3 is 10.4 Å². The van der Waals surface area contributed by atoms with Crippen LogP contribution in [0.25, 0.3) is 0 Å². The highest BCUT2D eigenvalue weighted by Crippen LogP contribution is 2.10. The summed E-state index contributed by atoms with van der Waals surface area (Å²) in [6, 6.07) is 4.84. The number of carboxylic acid groups (broad SMARTS) is 1. The lowest BCUT2D eigenvalue weighted by molar-refractivity contribution is -0.137. The van der Waals surface area contributed by atoms with Gasteiger partial charge in [0.15, 0.2) is 0 Å². The molecule has 0 fully saturated rings. The average molecular weight is 253 g/mol. The molecule has 0 aliphatic carbocycles. The number of carbonyl (C=O) groups is 1. The quantitative estimate of drug-likeness (QED) is 0.700. The van der Waals surface area contributed by atoms with Gasteiger partial charge in [0.2, 0.25) is 0 Å². The van der Waals surface area contributed by atoms with Crippen LogP contribution in [0, 0.1) is 12.7 Å². The van der Waals surface area contributed by atoms with Crippen molar-refractivity contribution < 1.29 is 14.3 Å². The molecule has 0 amide bonds. The van der Waals surface area contributed by atoms with Crippen molar-refractivity contribution in [3.63, 3.8) is 0 Å². The first-order valence-corrected chi connectivity index (χ1v) is 6.27. The van der Waals surface area contributed by atoms with E-state index in [0.717, 1.165) is 37.1 Å². The van der Waals surface area contributed by atoms with Gasteiger partial charge in [-0.25, -0.2) is 4.39 Å². The van der Waals surface area contributed by atoms with E-state index >= 15 is 0 Å². The smallest absolute Gasteiger partial charge is 0.303 e. The van der Waals surface area contributed by atoms with Gasteiger partial charge in [0, 0.05) is 6.42 Å². The van der Waals surface area contributed by atoms with Crippen LogP contribution < -0.4 is 5.32 Å². The Balaban J connectivity index is 2.12. The zero-order chi connectivity index (χ0) is 13.4. The normalized spacial score (nSPS) is 10.6. The molecule has 0 aliphatic rings. The number of rotatable bonds is 8. The third kappa shape index (κ3) is 5.77. The molecule has 18 heavy (non-hydrogen) atoms. The van der Waals surface area contributed by atoms with Crippen molar-refractivity contribution in [2.45, 2.75) is 32.6 Å². The summed E-state index contributed by atoms with van der Waals surface area (Å²) >= 11 is 0. The highest BCUT2D eigenvalue weighted by molar-refractivity contribution is 5.66.